The molecule has 0 spiro atoms. The lowest BCUT2D eigenvalue weighted by Gasteiger charge is -2.17. The van der Waals surface area contributed by atoms with E-state index in [1.807, 2.05) is 36.5 Å². The van der Waals surface area contributed by atoms with E-state index >= 15 is 0 Å². The summed E-state index contributed by atoms with van der Waals surface area (Å²) in [6.45, 7) is 0. The third-order valence-corrected chi connectivity index (χ3v) is 3.40. The van der Waals surface area contributed by atoms with Gasteiger partial charge in [-0.25, -0.2) is 10.4 Å². The maximum absolute atomic E-state index is 5.93. The van der Waals surface area contributed by atoms with Gasteiger partial charge >= 0.3 is 0 Å². The van der Waals surface area contributed by atoms with Crippen LogP contribution >= 0.6 is 11.6 Å². The Kier molecular flexibility index (Phi) is 3.60. The molecule has 0 amide bonds. The Morgan fingerprint density at radius 1 is 1.05 bits per heavy atom. The van der Waals surface area contributed by atoms with Crippen LogP contribution in [0.4, 0.5) is 0 Å². The molecule has 20 heavy (non-hydrogen) atoms. The fourth-order valence-electron chi connectivity index (χ4n) is 2.23. The number of fused-ring (bicyclic) bond motifs is 1. The van der Waals surface area contributed by atoms with Gasteiger partial charge in [0.25, 0.3) is 0 Å². The topological polar surface area (TPSA) is 63.8 Å². The van der Waals surface area contributed by atoms with Crippen LogP contribution in [0.3, 0.4) is 0 Å². The standard InChI is InChI=1S/C15H13ClN4/c16-14-8-11(5-6-18-14)15(20-17)12-7-10-3-1-2-4-13(10)19-9-12/h1-9,15,20H,17H2. The van der Waals surface area contributed by atoms with Crippen molar-refractivity contribution >= 4 is 22.5 Å². The van der Waals surface area contributed by atoms with E-state index in [0.29, 0.717) is 5.15 Å². The first-order chi connectivity index (χ1) is 9.78. The highest BCUT2D eigenvalue weighted by Gasteiger charge is 2.14. The van der Waals surface area contributed by atoms with Crippen LogP contribution < -0.4 is 11.3 Å². The lowest BCUT2D eigenvalue weighted by atomic mass is 10.0. The Balaban J connectivity index is 2.07. The van der Waals surface area contributed by atoms with Crippen molar-refractivity contribution in [2.45, 2.75) is 6.04 Å². The van der Waals surface area contributed by atoms with Gasteiger partial charge in [-0.15, -0.1) is 0 Å². The molecule has 2 heterocycles. The largest absolute Gasteiger partial charge is 0.271 e. The molecule has 0 bridgehead atoms. The van der Waals surface area contributed by atoms with Gasteiger partial charge in [-0.05, 0) is 35.4 Å². The number of halogens is 1. The Labute approximate surface area is 121 Å². The molecule has 2 aromatic heterocycles. The van der Waals surface area contributed by atoms with Gasteiger partial charge in [-0.3, -0.25) is 10.8 Å². The molecule has 0 fully saturated rings. The van der Waals surface area contributed by atoms with E-state index in [1.165, 1.54) is 0 Å². The minimum atomic E-state index is -0.174. The molecule has 4 nitrogen and oxygen atoms in total. The molecule has 0 saturated carbocycles. The molecule has 1 atom stereocenters. The van der Waals surface area contributed by atoms with Gasteiger partial charge in [0.15, 0.2) is 0 Å². The monoisotopic (exact) mass is 284 g/mol. The molecule has 1 aromatic carbocycles. The second-order valence-electron chi connectivity index (χ2n) is 4.47. The molecule has 100 valence electrons. The van der Waals surface area contributed by atoms with E-state index in [0.717, 1.165) is 22.0 Å². The van der Waals surface area contributed by atoms with Crippen molar-refractivity contribution in [3.8, 4) is 0 Å². The highest BCUT2D eigenvalue weighted by Crippen LogP contribution is 2.24. The normalized spacial score (nSPS) is 12.5. The molecule has 0 aliphatic heterocycles. The van der Waals surface area contributed by atoms with Crippen molar-refractivity contribution in [1.29, 1.82) is 0 Å². The molecular formula is C15H13ClN4. The fraction of sp³-hybridized carbons (Fsp3) is 0.0667. The summed E-state index contributed by atoms with van der Waals surface area (Å²) in [6, 6.07) is 13.5. The summed E-state index contributed by atoms with van der Waals surface area (Å²) >= 11 is 5.93. The average Bonchev–Trinajstić information content (AvgIpc) is 2.48. The number of nitrogens with two attached hydrogens (primary N) is 1. The van der Waals surface area contributed by atoms with Crippen LogP contribution in [0.25, 0.3) is 10.9 Å². The van der Waals surface area contributed by atoms with Crippen LogP contribution in [0.5, 0.6) is 0 Å². The minimum Gasteiger partial charge on any atom is -0.271 e. The molecule has 0 radical (unpaired) electrons. The van der Waals surface area contributed by atoms with Crippen LogP contribution in [0.2, 0.25) is 5.15 Å². The molecular weight excluding hydrogens is 272 g/mol. The fourth-order valence-corrected chi connectivity index (χ4v) is 2.41. The Hall–Kier alpha value is -2.01. The predicted molar refractivity (Wildman–Crippen MR) is 80.2 cm³/mol. The van der Waals surface area contributed by atoms with Crippen molar-refractivity contribution in [2.75, 3.05) is 0 Å². The zero-order valence-corrected chi connectivity index (χ0v) is 11.4. The molecule has 0 saturated heterocycles. The summed E-state index contributed by atoms with van der Waals surface area (Å²) < 4.78 is 0. The second kappa shape index (κ2) is 5.54. The number of rotatable bonds is 3. The SMILES string of the molecule is NNC(c1ccnc(Cl)c1)c1cnc2ccccc2c1. The van der Waals surface area contributed by atoms with Crippen molar-refractivity contribution in [3.63, 3.8) is 0 Å². The number of para-hydroxylation sites is 1. The van der Waals surface area contributed by atoms with Gasteiger partial charge < -0.3 is 0 Å². The highest BCUT2D eigenvalue weighted by atomic mass is 35.5. The van der Waals surface area contributed by atoms with E-state index in [1.54, 1.807) is 12.3 Å². The molecule has 3 N–H and O–H groups in total. The minimum absolute atomic E-state index is 0.174. The number of benzene rings is 1. The Morgan fingerprint density at radius 2 is 1.90 bits per heavy atom. The van der Waals surface area contributed by atoms with Crippen LogP contribution in [-0.2, 0) is 0 Å². The molecule has 1 unspecified atom stereocenters. The van der Waals surface area contributed by atoms with Gasteiger partial charge in [0.2, 0.25) is 0 Å². The van der Waals surface area contributed by atoms with Crippen LogP contribution in [0.1, 0.15) is 17.2 Å². The molecule has 3 aromatic rings. The average molecular weight is 285 g/mol. The van der Waals surface area contributed by atoms with Crippen molar-refractivity contribution in [3.05, 3.63) is 71.1 Å². The smallest absolute Gasteiger partial charge is 0.129 e. The van der Waals surface area contributed by atoms with Gasteiger partial charge in [0.05, 0.1) is 11.6 Å². The first-order valence-corrected chi connectivity index (χ1v) is 6.58. The Bertz CT molecular complexity index is 745. The summed E-state index contributed by atoms with van der Waals surface area (Å²) in [5.74, 6) is 5.69. The number of hydrogen-bond acceptors (Lipinski definition) is 4. The van der Waals surface area contributed by atoms with E-state index in [4.69, 9.17) is 17.4 Å². The van der Waals surface area contributed by atoms with Crippen LogP contribution in [0, 0.1) is 0 Å². The highest BCUT2D eigenvalue weighted by molar-refractivity contribution is 6.29. The third-order valence-electron chi connectivity index (χ3n) is 3.20. The molecule has 3 rings (SSSR count). The summed E-state index contributed by atoms with van der Waals surface area (Å²) in [6.07, 6.45) is 3.48. The summed E-state index contributed by atoms with van der Waals surface area (Å²) in [4.78, 5) is 8.44. The third kappa shape index (κ3) is 2.49. The first-order valence-electron chi connectivity index (χ1n) is 6.20. The molecule has 0 aliphatic carbocycles. The number of nitrogens with one attached hydrogen (secondary N) is 1. The zero-order chi connectivity index (χ0) is 13.9. The summed E-state index contributed by atoms with van der Waals surface area (Å²) in [7, 11) is 0. The van der Waals surface area contributed by atoms with E-state index in [9.17, 15) is 0 Å². The zero-order valence-electron chi connectivity index (χ0n) is 10.6. The number of nitrogens with zero attached hydrogens (tertiary/aromatic N) is 2. The Morgan fingerprint density at radius 3 is 2.70 bits per heavy atom. The van der Waals surface area contributed by atoms with Crippen molar-refractivity contribution in [1.82, 2.24) is 15.4 Å². The van der Waals surface area contributed by atoms with Gasteiger partial charge in [0.1, 0.15) is 5.15 Å². The van der Waals surface area contributed by atoms with Crippen LogP contribution in [0.15, 0.2) is 54.9 Å². The van der Waals surface area contributed by atoms with E-state index < -0.39 is 0 Å². The van der Waals surface area contributed by atoms with Gasteiger partial charge in [-0.2, -0.15) is 0 Å². The first kappa shape index (κ1) is 13.0. The summed E-state index contributed by atoms with van der Waals surface area (Å²) in [5.41, 5.74) is 5.69. The predicted octanol–water partition coefficient (Wildman–Crippen LogP) is 2.84. The summed E-state index contributed by atoms with van der Waals surface area (Å²) in [5, 5.41) is 1.52. The quantitative estimate of drug-likeness (QED) is 0.441. The number of hydrogen-bond donors (Lipinski definition) is 2. The van der Waals surface area contributed by atoms with Gasteiger partial charge in [0, 0.05) is 17.8 Å². The number of hydrazine groups is 1. The molecule has 0 aliphatic rings. The lowest BCUT2D eigenvalue weighted by molar-refractivity contribution is 0.635. The van der Waals surface area contributed by atoms with Gasteiger partial charge in [-0.1, -0.05) is 29.8 Å². The van der Waals surface area contributed by atoms with Crippen molar-refractivity contribution in [2.24, 2.45) is 5.84 Å². The van der Waals surface area contributed by atoms with E-state index in [-0.39, 0.29) is 6.04 Å². The number of pyridine rings is 2. The second-order valence-corrected chi connectivity index (χ2v) is 4.86. The number of aromatic nitrogens is 2. The maximum atomic E-state index is 5.93. The van der Waals surface area contributed by atoms with Crippen LogP contribution in [-0.4, -0.2) is 9.97 Å². The lowest BCUT2D eigenvalue weighted by Crippen LogP contribution is -2.29. The van der Waals surface area contributed by atoms with Crippen molar-refractivity contribution < 1.29 is 0 Å². The maximum Gasteiger partial charge on any atom is 0.129 e. The molecule has 5 heteroatoms. The van der Waals surface area contributed by atoms with E-state index in [2.05, 4.69) is 21.5 Å².